The monoisotopic (exact) mass is 378 g/mol. The summed E-state index contributed by atoms with van der Waals surface area (Å²) < 4.78 is 11.2. The van der Waals surface area contributed by atoms with E-state index in [0.717, 1.165) is 44.1 Å². The van der Waals surface area contributed by atoms with E-state index >= 15 is 0 Å². The molecule has 0 bridgehead atoms. The molecule has 0 saturated carbocycles. The van der Waals surface area contributed by atoms with Crippen LogP contribution in [0.2, 0.25) is 0 Å². The summed E-state index contributed by atoms with van der Waals surface area (Å²) in [7, 11) is 3.44. The number of halogens is 2. The first kappa shape index (κ1) is 23.3. The highest BCUT2D eigenvalue weighted by Crippen LogP contribution is 2.39. The second kappa shape index (κ2) is 11.8. The van der Waals surface area contributed by atoms with Crippen LogP contribution in [0.5, 0.6) is 11.5 Å². The van der Waals surface area contributed by atoms with Crippen molar-refractivity contribution in [3.8, 4) is 11.5 Å². The molecule has 1 heterocycles. The fraction of sp³-hybridized carbons (Fsp3) is 0.667. The minimum atomic E-state index is 0. The number of nitrogens with one attached hydrogen (secondary N) is 1. The molecule has 0 aromatic heterocycles. The summed E-state index contributed by atoms with van der Waals surface area (Å²) >= 11 is 0. The maximum Gasteiger partial charge on any atom is 0.165 e. The van der Waals surface area contributed by atoms with Gasteiger partial charge in [0.25, 0.3) is 0 Å². The van der Waals surface area contributed by atoms with E-state index in [-0.39, 0.29) is 24.8 Å². The van der Waals surface area contributed by atoms with Gasteiger partial charge in [0, 0.05) is 37.8 Å². The Kier molecular flexibility index (Phi) is 11.5. The lowest BCUT2D eigenvalue weighted by molar-refractivity contribution is 0.156. The highest BCUT2D eigenvalue weighted by atomic mass is 35.5. The third-order valence-corrected chi connectivity index (χ3v) is 4.40. The van der Waals surface area contributed by atoms with E-state index in [1.807, 2.05) is 6.07 Å². The maximum atomic E-state index is 5.68. The smallest absolute Gasteiger partial charge is 0.165 e. The van der Waals surface area contributed by atoms with Crippen molar-refractivity contribution in [2.45, 2.75) is 32.7 Å². The SMILES string of the molecule is COc1cccc([C@@H](CCC(C)C)N2CCNCC2)c1OC.Cl.Cl. The third-order valence-electron chi connectivity index (χ3n) is 4.40. The van der Waals surface area contributed by atoms with Crippen LogP contribution >= 0.6 is 24.8 Å². The molecule has 1 aliphatic rings. The van der Waals surface area contributed by atoms with E-state index in [1.54, 1.807) is 14.2 Å². The molecule has 140 valence electrons. The molecule has 0 spiro atoms. The van der Waals surface area contributed by atoms with Crippen molar-refractivity contribution in [1.82, 2.24) is 10.2 Å². The summed E-state index contributed by atoms with van der Waals surface area (Å²) in [6.07, 6.45) is 2.37. The van der Waals surface area contributed by atoms with Crippen molar-refractivity contribution in [1.29, 1.82) is 0 Å². The molecule has 1 saturated heterocycles. The Morgan fingerprint density at radius 3 is 2.25 bits per heavy atom. The normalized spacial score (nSPS) is 16.0. The van der Waals surface area contributed by atoms with Crippen LogP contribution in [0.4, 0.5) is 0 Å². The Labute approximate surface area is 159 Å². The van der Waals surface area contributed by atoms with E-state index in [9.17, 15) is 0 Å². The van der Waals surface area contributed by atoms with Crippen molar-refractivity contribution in [3.05, 3.63) is 23.8 Å². The molecule has 2 rings (SSSR count). The molecule has 1 aromatic rings. The molecule has 1 aliphatic heterocycles. The highest BCUT2D eigenvalue weighted by Gasteiger charge is 2.26. The number of piperazine rings is 1. The second-order valence-electron chi connectivity index (χ2n) is 6.36. The van der Waals surface area contributed by atoms with E-state index < -0.39 is 0 Å². The molecule has 0 aliphatic carbocycles. The Morgan fingerprint density at radius 1 is 1.04 bits per heavy atom. The summed E-state index contributed by atoms with van der Waals surface area (Å²) in [5, 5.41) is 3.44. The molecule has 1 atom stereocenters. The standard InChI is InChI=1S/C18H30N2O2.2ClH/c1-14(2)8-9-16(20-12-10-19-11-13-20)15-6-5-7-17(21-3)18(15)22-4;;/h5-7,14,16,19H,8-13H2,1-4H3;2*1H/t16-;;/m1../s1. The Hall–Kier alpha value is -0.680. The van der Waals surface area contributed by atoms with E-state index in [0.29, 0.717) is 12.0 Å². The van der Waals surface area contributed by atoms with Crippen molar-refractivity contribution >= 4 is 24.8 Å². The van der Waals surface area contributed by atoms with Gasteiger partial charge in [-0.1, -0.05) is 26.0 Å². The minimum Gasteiger partial charge on any atom is -0.493 e. The predicted octanol–water partition coefficient (Wildman–Crippen LogP) is 3.93. The van der Waals surface area contributed by atoms with E-state index in [4.69, 9.17) is 9.47 Å². The van der Waals surface area contributed by atoms with Gasteiger partial charge < -0.3 is 14.8 Å². The highest BCUT2D eigenvalue weighted by molar-refractivity contribution is 5.85. The van der Waals surface area contributed by atoms with Crippen LogP contribution in [0, 0.1) is 5.92 Å². The number of ether oxygens (including phenoxy) is 2. The predicted molar refractivity (Wildman–Crippen MR) is 105 cm³/mol. The van der Waals surface area contributed by atoms with Gasteiger partial charge in [0.05, 0.1) is 14.2 Å². The molecule has 0 radical (unpaired) electrons. The first-order valence-electron chi connectivity index (χ1n) is 8.33. The molecular weight excluding hydrogens is 347 g/mol. The molecule has 1 N–H and O–H groups in total. The largest absolute Gasteiger partial charge is 0.493 e. The van der Waals surface area contributed by atoms with Crippen molar-refractivity contribution in [2.24, 2.45) is 5.92 Å². The van der Waals surface area contributed by atoms with Crippen LogP contribution in [0.25, 0.3) is 0 Å². The molecule has 6 heteroatoms. The van der Waals surface area contributed by atoms with Crippen LogP contribution in [0.3, 0.4) is 0 Å². The van der Waals surface area contributed by atoms with Gasteiger partial charge in [0.15, 0.2) is 11.5 Å². The van der Waals surface area contributed by atoms with E-state index in [2.05, 4.69) is 36.2 Å². The van der Waals surface area contributed by atoms with Gasteiger partial charge in [0.2, 0.25) is 0 Å². The second-order valence-corrected chi connectivity index (χ2v) is 6.36. The lowest BCUT2D eigenvalue weighted by Gasteiger charge is -2.36. The Morgan fingerprint density at radius 2 is 1.71 bits per heavy atom. The van der Waals surface area contributed by atoms with Crippen LogP contribution in [-0.4, -0.2) is 45.3 Å². The number of nitrogens with zero attached hydrogens (tertiary/aromatic N) is 1. The minimum absolute atomic E-state index is 0. The Bertz CT molecular complexity index is 466. The first-order chi connectivity index (χ1) is 10.7. The van der Waals surface area contributed by atoms with Crippen LogP contribution in [0.15, 0.2) is 18.2 Å². The molecule has 0 unspecified atom stereocenters. The third kappa shape index (κ3) is 5.99. The summed E-state index contributed by atoms with van der Waals surface area (Å²) in [6, 6.07) is 6.63. The summed E-state index contributed by atoms with van der Waals surface area (Å²) in [5.74, 6) is 2.42. The van der Waals surface area contributed by atoms with Crippen molar-refractivity contribution in [3.63, 3.8) is 0 Å². The topological polar surface area (TPSA) is 33.7 Å². The fourth-order valence-corrected chi connectivity index (χ4v) is 3.19. The molecular formula is C18H32Cl2N2O2. The van der Waals surface area contributed by atoms with Gasteiger partial charge in [0.1, 0.15) is 0 Å². The van der Waals surface area contributed by atoms with Crippen LogP contribution in [0.1, 0.15) is 38.3 Å². The molecule has 4 nitrogen and oxygen atoms in total. The number of para-hydroxylation sites is 1. The van der Waals surface area contributed by atoms with Gasteiger partial charge in [-0.15, -0.1) is 24.8 Å². The lowest BCUT2D eigenvalue weighted by atomic mass is 9.94. The van der Waals surface area contributed by atoms with Gasteiger partial charge >= 0.3 is 0 Å². The average molecular weight is 379 g/mol. The van der Waals surface area contributed by atoms with Crippen molar-refractivity contribution in [2.75, 3.05) is 40.4 Å². The Balaban J connectivity index is 0.00000264. The van der Waals surface area contributed by atoms with Gasteiger partial charge in [-0.05, 0) is 24.8 Å². The zero-order valence-corrected chi connectivity index (χ0v) is 16.8. The molecule has 24 heavy (non-hydrogen) atoms. The number of hydrogen-bond acceptors (Lipinski definition) is 4. The lowest BCUT2D eigenvalue weighted by Crippen LogP contribution is -2.45. The van der Waals surface area contributed by atoms with Gasteiger partial charge in [-0.2, -0.15) is 0 Å². The summed E-state index contributed by atoms with van der Waals surface area (Å²) in [5.41, 5.74) is 1.25. The molecule has 0 amide bonds. The molecule has 1 aromatic carbocycles. The zero-order chi connectivity index (χ0) is 15.9. The number of methoxy groups -OCH3 is 2. The zero-order valence-electron chi connectivity index (χ0n) is 15.2. The maximum absolute atomic E-state index is 5.68. The van der Waals surface area contributed by atoms with Crippen molar-refractivity contribution < 1.29 is 9.47 Å². The fourth-order valence-electron chi connectivity index (χ4n) is 3.19. The number of rotatable bonds is 7. The van der Waals surface area contributed by atoms with Gasteiger partial charge in [-0.25, -0.2) is 0 Å². The van der Waals surface area contributed by atoms with Crippen LogP contribution in [-0.2, 0) is 0 Å². The first-order valence-corrected chi connectivity index (χ1v) is 8.33. The van der Waals surface area contributed by atoms with Gasteiger partial charge in [-0.3, -0.25) is 4.90 Å². The number of benzene rings is 1. The quantitative estimate of drug-likeness (QED) is 0.778. The average Bonchev–Trinajstić information content (AvgIpc) is 2.55. The molecule has 1 fully saturated rings. The summed E-state index contributed by atoms with van der Waals surface area (Å²) in [6.45, 7) is 8.87. The van der Waals surface area contributed by atoms with Crippen LogP contribution < -0.4 is 14.8 Å². The summed E-state index contributed by atoms with van der Waals surface area (Å²) in [4.78, 5) is 2.58. The number of hydrogen-bond donors (Lipinski definition) is 1. The van der Waals surface area contributed by atoms with E-state index in [1.165, 1.54) is 12.0 Å².